The largest absolute Gasteiger partial charge is 0.458 e. The Hall–Kier alpha value is -1.66. The number of aliphatic hydroxyl groups is 2. The van der Waals surface area contributed by atoms with Gasteiger partial charge < -0.3 is 19.4 Å². The molecule has 0 spiro atoms. The van der Waals surface area contributed by atoms with Crippen molar-refractivity contribution in [3.63, 3.8) is 0 Å². The molecular weight excluding hydrogens is 324 g/mol. The first-order valence-electron chi connectivity index (χ1n) is 8.85. The SMILES string of the molecule is CC(C)c1oc(=O)cc2c1[C@@H](O)C1OC(=O)[C@@]3(C)C[C@@H](O)C[C@@]2(C)C13. The van der Waals surface area contributed by atoms with E-state index < -0.39 is 34.8 Å². The standard InChI is InChI=1S/C19H24O6/c1-8(2)14-12-10(5-11(21)24-14)18(3)6-9(20)7-19(4)16(18)15(13(12)22)25-17(19)23/h5,8-9,13,15-16,20,22H,6-7H2,1-4H3/t9-,13+,15?,16?,18+,19-/m0/s1. The summed E-state index contributed by atoms with van der Waals surface area (Å²) >= 11 is 0. The van der Waals surface area contributed by atoms with Crippen LogP contribution in [0.3, 0.4) is 0 Å². The van der Waals surface area contributed by atoms with Crippen molar-refractivity contribution in [3.8, 4) is 0 Å². The topological polar surface area (TPSA) is 97.0 Å². The van der Waals surface area contributed by atoms with Crippen LogP contribution in [0.5, 0.6) is 0 Å². The summed E-state index contributed by atoms with van der Waals surface area (Å²) in [4.78, 5) is 24.8. The summed E-state index contributed by atoms with van der Waals surface area (Å²) in [6.45, 7) is 7.54. The Morgan fingerprint density at radius 3 is 2.44 bits per heavy atom. The van der Waals surface area contributed by atoms with Crippen molar-refractivity contribution in [3.05, 3.63) is 33.4 Å². The Kier molecular flexibility index (Phi) is 3.32. The van der Waals surface area contributed by atoms with Crippen LogP contribution >= 0.6 is 0 Å². The number of carbonyl (C=O) groups is 1. The van der Waals surface area contributed by atoms with E-state index in [9.17, 15) is 19.8 Å². The van der Waals surface area contributed by atoms with E-state index in [2.05, 4.69) is 0 Å². The lowest BCUT2D eigenvalue weighted by Gasteiger charge is -2.53. The van der Waals surface area contributed by atoms with Crippen LogP contribution in [0.1, 0.15) is 69.4 Å². The first kappa shape index (κ1) is 16.8. The summed E-state index contributed by atoms with van der Waals surface area (Å²) in [5.74, 6) is -0.348. The van der Waals surface area contributed by atoms with Gasteiger partial charge in [-0.15, -0.1) is 0 Å². The lowest BCUT2D eigenvalue weighted by atomic mass is 9.49. The fourth-order valence-electron chi connectivity index (χ4n) is 5.69. The molecule has 136 valence electrons. The molecule has 6 heteroatoms. The molecule has 2 aliphatic carbocycles. The zero-order chi connectivity index (χ0) is 18.3. The van der Waals surface area contributed by atoms with E-state index in [0.717, 1.165) is 0 Å². The van der Waals surface area contributed by atoms with Crippen molar-refractivity contribution in [2.45, 2.75) is 70.2 Å². The van der Waals surface area contributed by atoms with E-state index in [0.29, 0.717) is 29.7 Å². The highest BCUT2D eigenvalue weighted by Crippen LogP contribution is 2.63. The monoisotopic (exact) mass is 348 g/mol. The minimum absolute atomic E-state index is 0.102. The van der Waals surface area contributed by atoms with Gasteiger partial charge in [-0.25, -0.2) is 4.79 Å². The molecule has 2 fully saturated rings. The van der Waals surface area contributed by atoms with Crippen LogP contribution in [-0.4, -0.2) is 28.4 Å². The van der Waals surface area contributed by atoms with Crippen LogP contribution in [0, 0.1) is 11.3 Å². The van der Waals surface area contributed by atoms with Crippen LogP contribution < -0.4 is 5.63 Å². The average Bonchev–Trinajstić information content (AvgIpc) is 2.76. The van der Waals surface area contributed by atoms with E-state index >= 15 is 0 Å². The Bertz CT molecular complexity index is 811. The second-order valence-corrected chi connectivity index (χ2v) is 8.60. The smallest absolute Gasteiger partial charge is 0.336 e. The molecule has 2 N–H and O–H groups in total. The Balaban J connectivity index is 2.04. The predicted molar refractivity (Wildman–Crippen MR) is 88.1 cm³/mol. The molecule has 3 aliphatic rings. The number of rotatable bonds is 1. The molecule has 4 rings (SSSR count). The molecule has 1 saturated carbocycles. The maximum absolute atomic E-state index is 12.6. The normalized spacial score (nSPS) is 42.1. The molecule has 25 heavy (non-hydrogen) atoms. The Morgan fingerprint density at radius 1 is 1.16 bits per heavy atom. The zero-order valence-corrected chi connectivity index (χ0v) is 14.9. The van der Waals surface area contributed by atoms with Crippen LogP contribution in [0.2, 0.25) is 0 Å². The second-order valence-electron chi connectivity index (χ2n) is 8.60. The number of ether oxygens (including phenoxy) is 1. The van der Waals surface area contributed by atoms with E-state index in [4.69, 9.17) is 9.15 Å². The van der Waals surface area contributed by atoms with Gasteiger partial charge in [-0.05, 0) is 25.3 Å². The molecular formula is C19H24O6. The third kappa shape index (κ3) is 1.98. The molecule has 1 saturated heterocycles. The minimum Gasteiger partial charge on any atom is -0.458 e. The fraction of sp³-hybridized carbons (Fsp3) is 0.684. The summed E-state index contributed by atoms with van der Waals surface area (Å²) in [7, 11) is 0. The van der Waals surface area contributed by atoms with Gasteiger partial charge >= 0.3 is 11.6 Å². The second kappa shape index (κ2) is 4.95. The van der Waals surface area contributed by atoms with Crippen LogP contribution in [0.4, 0.5) is 0 Å². The van der Waals surface area contributed by atoms with E-state index in [-0.39, 0.29) is 17.8 Å². The van der Waals surface area contributed by atoms with Gasteiger partial charge in [-0.1, -0.05) is 20.8 Å². The third-order valence-corrected chi connectivity index (χ3v) is 6.51. The minimum atomic E-state index is -1.03. The summed E-state index contributed by atoms with van der Waals surface area (Å²) in [5.41, 5.74) is -0.753. The molecule has 2 unspecified atom stereocenters. The maximum atomic E-state index is 12.6. The van der Waals surface area contributed by atoms with Crippen molar-refractivity contribution in [1.82, 2.24) is 0 Å². The van der Waals surface area contributed by atoms with Crippen molar-refractivity contribution in [1.29, 1.82) is 0 Å². The molecule has 6 nitrogen and oxygen atoms in total. The number of hydrogen-bond donors (Lipinski definition) is 2. The summed E-state index contributed by atoms with van der Waals surface area (Å²) in [5, 5.41) is 21.5. The number of aliphatic hydroxyl groups excluding tert-OH is 2. The number of esters is 1. The average molecular weight is 348 g/mol. The Morgan fingerprint density at radius 2 is 1.80 bits per heavy atom. The zero-order valence-electron chi connectivity index (χ0n) is 14.9. The van der Waals surface area contributed by atoms with Gasteiger partial charge in [0, 0.05) is 28.9 Å². The van der Waals surface area contributed by atoms with E-state index in [1.165, 1.54) is 6.07 Å². The van der Waals surface area contributed by atoms with Gasteiger partial charge in [0.15, 0.2) is 0 Å². The Labute approximate surface area is 145 Å². The van der Waals surface area contributed by atoms with Crippen LogP contribution in [0.25, 0.3) is 0 Å². The van der Waals surface area contributed by atoms with Gasteiger partial charge in [0.05, 0.1) is 11.5 Å². The van der Waals surface area contributed by atoms with E-state index in [1.807, 2.05) is 20.8 Å². The van der Waals surface area contributed by atoms with Gasteiger partial charge in [0.1, 0.15) is 18.0 Å². The van der Waals surface area contributed by atoms with Gasteiger partial charge in [-0.3, -0.25) is 4.79 Å². The van der Waals surface area contributed by atoms with Gasteiger partial charge in [-0.2, -0.15) is 0 Å². The summed E-state index contributed by atoms with van der Waals surface area (Å²) in [6, 6.07) is 1.42. The quantitative estimate of drug-likeness (QED) is 0.751. The summed E-state index contributed by atoms with van der Waals surface area (Å²) < 4.78 is 11.0. The summed E-state index contributed by atoms with van der Waals surface area (Å²) in [6.07, 6.45) is -1.66. The molecule has 1 aliphatic heterocycles. The molecule has 0 radical (unpaired) electrons. The molecule has 0 bridgehead atoms. The number of carbonyl (C=O) groups excluding carboxylic acids is 1. The highest BCUT2D eigenvalue weighted by Gasteiger charge is 2.68. The van der Waals surface area contributed by atoms with Crippen molar-refractivity contribution in [2.75, 3.05) is 0 Å². The fourth-order valence-corrected chi connectivity index (χ4v) is 5.69. The third-order valence-electron chi connectivity index (χ3n) is 6.51. The lowest BCUT2D eigenvalue weighted by molar-refractivity contribution is -0.152. The van der Waals surface area contributed by atoms with Crippen LogP contribution in [0.15, 0.2) is 15.3 Å². The number of fused-ring (bicyclic) bond motifs is 2. The highest BCUT2D eigenvalue weighted by atomic mass is 16.6. The van der Waals surface area contributed by atoms with Gasteiger partial charge in [0.25, 0.3) is 0 Å². The van der Waals surface area contributed by atoms with E-state index in [1.54, 1.807) is 6.92 Å². The lowest BCUT2D eigenvalue weighted by Crippen LogP contribution is -2.57. The van der Waals surface area contributed by atoms with Crippen molar-refractivity contribution >= 4 is 5.97 Å². The molecule has 0 amide bonds. The molecule has 1 aromatic heterocycles. The first-order valence-corrected chi connectivity index (χ1v) is 8.85. The predicted octanol–water partition coefficient (Wildman–Crippen LogP) is 1.77. The van der Waals surface area contributed by atoms with Crippen LogP contribution in [-0.2, 0) is 14.9 Å². The molecule has 2 heterocycles. The van der Waals surface area contributed by atoms with Gasteiger partial charge in [0.2, 0.25) is 0 Å². The molecule has 6 atom stereocenters. The molecule has 0 aromatic carbocycles. The van der Waals surface area contributed by atoms with Crippen molar-refractivity contribution in [2.24, 2.45) is 11.3 Å². The van der Waals surface area contributed by atoms with Crippen molar-refractivity contribution < 1.29 is 24.2 Å². The molecule has 1 aromatic rings. The first-order chi connectivity index (χ1) is 11.6. The highest BCUT2D eigenvalue weighted by molar-refractivity contribution is 5.81. The number of hydrogen-bond acceptors (Lipinski definition) is 6. The maximum Gasteiger partial charge on any atom is 0.336 e.